The van der Waals surface area contributed by atoms with Crippen LogP contribution in [0.4, 0.5) is 0 Å². The van der Waals surface area contributed by atoms with Crippen LogP contribution in [0, 0.1) is 5.41 Å². The summed E-state index contributed by atoms with van der Waals surface area (Å²) in [6, 6.07) is 0.719. The van der Waals surface area contributed by atoms with E-state index in [-0.39, 0.29) is 0 Å². The Bertz CT molecular complexity index is 155. The molecule has 0 aliphatic heterocycles. The van der Waals surface area contributed by atoms with Crippen molar-refractivity contribution in [2.24, 2.45) is 11.1 Å². The first kappa shape index (κ1) is 14.9. The molecular formula is C13H30N2. The Kier molecular flexibility index (Phi) is 7.20. The number of nitrogens with two attached hydrogens (primary N) is 1. The lowest BCUT2D eigenvalue weighted by Gasteiger charge is -2.27. The third kappa shape index (κ3) is 6.91. The predicted molar refractivity (Wildman–Crippen MR) is 69.1 cm³/mol. The van der Waals surface area contributed by atoms with E-state index in [9.17, 15) is 0 Å². The zero-order chi connectivity index (χ0) is 11.9. The first-order chi connectivity index (χ1) is 6.93. The van der Waals surface area contributed by atoms with Crippen molar-refractivity contribution in [3.8, 4) is 0 Å². The van der Waals surface area contributed by atoms with E-state index in [0.717, 1.165) is 12.6 Å². The fourth-order valence-corrected chi connectivity index (χ4v) is 1.77. The second-order valence-corrected chi connectivity index (χ2v) is 5.59. The van der Waals surface area contributed by atoms with E-state index in [4.69, 9.17) is 5.73 Å². The number of hydrogen-bond acceptors (Lipinski definition) is 2. The van der Waals surface area contributed by atoms with Crippen LogP contribution in [0.15, 0.2) is 0 Å². The molecule has 15 heavy (non-hydrogen) atoms. The Balaban J connectivity index is 3.67. The quantitative estimate of drug-likeness (QED) is 0.673. The van der Waals surface area contributed by atoms with Gasteiger partial charge in [0.1, 0.15) is 0 Å². The summed E-state index contributed by atoms with van der Waals surface area (Å²) >= 11 is 0. The van der Waals surface area contributed by atoms with Crippen molar-refractivity contribution in [1.29, 1.82) is 0 Å². The molecular weight excluding hydrogens is 184 g/mol. The normalized spacial score (nSPS) is 14.6. The van der Waals surface area contributed by atoms with Gasteiger partial charge in [-0.15, -0.1) is 0 Å². The molecule has 0 aliphatic carbocycles. The molecule has 2 N–H and O–H groups in total. The maximum absolute atomic E-state index is 5.72. The average molecular weight is 214 g/mol. The highest BCUT2D eigenvalue weighted by Crippen LogP contribution is 2.20. The van der Waals surface area contributed by atoms with E-state index in [1.54, 1.807) is 0 Å². The average Bonchev–Trinajstić information content (AvgIpc) is 2.18. The molecule has 0 fully saturated rings. The van der Waals surface area contributed by atoms with Crippen molar-refractivity contribution in [1.82, 2.24) is 4.90 Å². The summed E-state index contributed by atoms with van der Waals surface area (Å²) in [6.45, 7) is 11.1. The fraction of sp³-hybridized carbons (Fsp3) is 1.00. The van der Waals surface area contributed by atoms with E-state index in [1.807, 2.05) is 0 Å². The standard InChI is InChI=1S/C13H30N2/c1-6-8-12(2)15(5)10-7-9-13(3,4)11-14/h12H,6-11,14H2,1-5H3. The summed E-state index contributed by atoms with van der Waals surface area (Å²) in [4.78, 5) is 2.47. The van der Waals surface area contributed by atoms with Crippen LogP contribution in [0.1, 0.15) is 53.4 Å². The molecule has 0 saturated heterocycles. The summed E-state index contributed by atoms with van der Waals surface area (Å²) in [5, 5.41) is 0. The highest BCUT2D eigenvalue weighted by molar-refractivity contribution is 4.71. The van der Waals surface area contributed by atoms with Crippen LogP contribution in [-0.4, -0.2) is 31.1 Å². The van der Waals surface area contributed by atoms with Gasteiger partial charge in [-0.25, -0.2) is 0 Å². The van der Waals surface area contributed by atoms with Gasteiger partial charge in [-0.1, -0.05) is 27.2 Å². The highest BCUT2D eigenvalue weighted by atomic mass is 15.1. The molecule has 0 radical (unpaired) electrons. The Morgan fingerprint density at radius 2 is 1.93 bits per heavy atom. The summed E-state index contributed by atoms with van der Waals surface area (Å²) in [7, 11) is 2.23. The van der Waals surface area contributed by atoms with Gasteiger partial charge in [0.15, 0.2) is 0 Å². The zero-order valence-corrected chi connectivity index (χ0v) is 11.3. The van der Waals surface area contributed by atoms with Crippen LogP contribution >= 0.6 is 0 Å². The minimum absolute atomic E-state index is 0.314. The van der Waals surface area contributed by atoms with Gasteiger partial charge >= 0.3 is 0 Å². The van der Waals surface area contributed by atoms with Crippen molar-refractivity contribution in [3.63, 3.8) is 0 Å². The molecule has 2 nitrogen and oxygen atoms in total. The second-order valence-electron chi connectivity index (χ2n) is 5.59. The second kappa shape index (κ2) is 7.24. The molecule has 0 aromatic heterocycles. The van der Waals surface area contributed by atoms with Gasteiger partial charge in [0.25, 0.3) is 0 Å². The minimum Gasteiger partial charge on any atom is -0.330 e. The Hall–Kier alpha value is -0.0800. The third-order valence-electron chi connectivity index (χ3n) is 3.38. The summed E-state index contributed by atoms with van der Waals surface area (Å²) < 4.78 is 0. The first-order valence-electron chi connectivity index (χ1n) is 6.33. The molecule has 0 amide bonds. The van der Waals surface area contributed by atoms with E-state index in [0.29, 0.717) is 5.41 Å². The van der Waals surface area contributed by atoms with Gasteiger partial charge in [-0.2, -0.15) is 0 Å². The van der Waals surface area contributed by atoms with Gasteiger partial charge in [0, 0.05) is 6.04 Å². The molecule has 1 unspecified atom stereocenters. The van der Waals surface area contributed by atoms with Gasteiger partial charge in [-0.3, -0.25) is 0 Å². The van der Waals surface area contributed by atoms with Crippen LogP contribution < -0.4 is 5.73 Å². The van der Waals surface area contributed by atoms with E-state index >= 15 is 0 Å². The van der Waals surface area contributed by atoms with E-state index < -0.39 is 0 Å². The maximum Gasteiger partial charge on any atom is 0.00637 e. The van der Waals surface area contributed by atoms with Crippen LogP contribution in [0.3, 0.4) is 0 Å². The number of hydrogen-bond donors (Lipinski definition) is 1. The molecule has 1 atom stereocenters. The maximum atomic E-state index is 5.72. The van der Waals surface area contributed by atoms with E-state index in [2.05, 4.69) is 39.6 Å². The molecule has 0 bridgehead atoms. The topological polar surface area (TPSA) is 29.3 Å². The van der Waals surface area contributed by atoms with Crippen molar-refractivity contribution in [3.05, 3.63) is 0 Å². The molecule has 0 aromatic rings. The van der Waals surface area contributed by atoms with E-state index in [1.165, 1.54) is 32.2 Å². The molecule has 0 heterocycles. The van der Waals surface area contributed by atoms with Crippen LogP contribution in [0.5, 0.6) is 0 Å². The number of nitrogens with zero attached hydrogens (tertiary/aromatic N) is 1. The van der Waals surface area contributed by atoms with Gasteiger partial charge in [-0.05, 0) is 51.7 Å². The molecule has 0 spiro atoms. The molecule has 92 valence electrons. The van der Waals surface area contributed by atoms with Gasteiger partial charge < -0.3 is 10.6 Å². The highest BCUT2D eigenvalue weighted by Gasteiger charge is 2.15. The summed E-state index contributed by atoms with van der Waals surface area (Å²) in [5.41, 5.74) is 6.03. The Labute approximate surface area is 96.2 Å². The van der Waals surface area contributed by atoms with Crippen molar-refractivity contribution >= 4 is 0 Å². The van der Waals surface area contributed by atoms with Crippen LogP contribution in [0.2, 0.25) is 0 Å². The lowest BCUT2D eigenvalue weighted by atomic mass is 9.88. The molecule has 0 rings (SSSR count). The molecule has 0 saturated carbocycles. The lowest BCUT2D eigenvalue weighted by Crippen LogP contribution is -2.31. The van der Waals surface area contributed by atoms with Crippen molar-refractivity contribution in [2.45, 2.75) is 59.4 Å². The third-order valence-corrected chi connectivity index (χ3v) is 3.38. The predicted octanol–water partition coefficient (Wildman–Crippen LogP) is 2.87. The molecule has 0 aromatic carbocycles. The summed E-state index contributed by atoms with van der Waals surface area (Å²) in [5.74, 6) is 0. The Morgan fingerprint density at radius 1 is 1.33 bits per heavy atom. The van der Waals surface area contributed by atoms with Gasteiger partial charge in [0.2, 0.25) is 0 Å². The number of rotatable bonds is 8. The van der Waals surface area contributed by atoms with Crippen molar-refractivity contribution < 1.29 is 0 Å². The molecule has 0 aliphatic rings. The zero-order valence-electron chi connectivity index (χ0n) is 11.3. The first-order valence-corrected chi connectivity index (χ1v) is 6.33. The largest absolute Gasteiger partial charge is 0.330 e. The lowest BCUT2D eigenvalue weighted by molar-refractivity contribution is 0.222. The minimum atomic E-state index is 0.314. The fourth-order valence-electron chi connectivity index (χ4n) is 1.77. The van der Waals surface area contributed by atoms with Crippen LogP contribution in [0.25, 0.3) is 0 Å². The SMILES string of the molecule is CCCC(C)N(C)CCCC(C)(C)CN. The van der Waals surface area contributed by atoms with Crippen molar-refractivity contribution in [2.75, 3.05) is 20.1 Å². The summed E-state index contributed by atoms with van der Waals surface area (Å²) in [6.07, 6.45) is 5.07. The van der Waals surface area contributed by atoms with Crippen LogP contribution in [-0.2, 0) is 0 Å². The smallest absolute Gasteiger partial charge is 0.00637 e. The Morgan fingerprint density at radius 3 is 2.40 bits per heavy atom. The molecule has 2 heteroatoms. The van der Waals surface area contributed by atoms with Gasteiger partial charge in [0.05, 0.1) is 0 Å². The monoisotopic (exact) mass is 214 g/mol.